The van der Waals surface area contributed by atoms with Crippen LogP contribution in [0.15, 0.2) is 29.7 Å². The number of H-pyrrole nitrogens is 1. The first kappa shape index (κ1) is 14.7. The largest absolute Gasteiger partial charge is 0.349 e. The van der Waals surface area contributed by atoms with E-state index in [1.165, 1.54) is 18.2 Å². The van der Waals surface area contributed by atoms with Gasteiger partial charge >= 0.3 is 0 Å². The predicted molar refractivity (Wildman–Crippen MR) is 79.2 cm³/mol. The Morgan fingerprint density at radius 1 is 1.45 bits per heavy atom. The molecule has 1 atom stereocenters. The van der Waals surface area contributed by atoms with Crippen LogP contribution in [0, 0.1) is 5.82 Å². The molecule has 2 aromatic rings. The van der Waals surface area contributed by atoms with Gasteiger partial charge in [-0.25, -0.2) is 17.8 Å². The summed E-state index contributed by atoms with van der Waals surface area (Å²) in [5.74, 6) is -0.110. The zero-order chi connectivity index (χ0) is 15.7. The Hall–Kier alpha value is -2.22. The number of benzene rings is 1. The number of aromatic nitrogens is 2. The minimum atomic E-state index is -3.18. The molecular formula is C14H14FN3O3S. The number of carbonyl (C=O) groups is 1. The van der Waals surface area contributed by atoms with Crippen LogP contribution in [-0.4, -0.2) is 36.1 Å². The average Bonchev–Trinajstić information content (AvgIpc) is 2.98. The predicted octanol–water partition coefficient (Wildman–Crippen LogP) is 1.06. The fourth-order valence-electron chi connectivity index (χ4n) is 2.33. The van der Waals surface area contributed by atoms with Crippen molar-refractivity contribution in [3.8, 4) is 0 Å². The molecule has 0 aliphatic carbocycles. The molecule has 0 radical (unpaired) electrons. The lowest BCUT2D eigenvalue weighted by Crippen LogP contribution is -2.35. The fraction of sp³-hybridized carbons (Fsp3) is 0.286. The molecule has 0 fully saturated rings. The minimum Gasteiger partial charge on any atom is -0.349 e. The number of aryl methyl sites for hydroxylation is 1. The highest BCUT2D eigenvalue weighted by Gasteiger charge is 2.22. The van der Waals surface area contributed by atoms with E-state index >= 15 is 0 Å². The van der Waals surface area contributed by atoms with Gasteiger partial charge in [-0.1, -0.05) is 0 Å². The van der Waals surface area contributed by atoms with Crippen molar-refractivity contribution >= 4 is 26.8 Å². The van der Waals surface area contributed by atoms with Crippen LogP contribution >= 0.6 is 0 Å². The van der Waals surface area contributed by atoms with Gasteiger partial charge in [0, 0.05) is 18.2 Å². The number of halogens is 1. The van der Waals surface area contributed by atoms with Gasteiger partial charge in [-0.2, -0.15) is 0 Å². The third-order valence-corrected chi connectivity index (χ3v) is 4.75. The molecule has 22 heavy (non-hydrogen) atoms. The number of amides is 1. The molecule has 3 rings (SSSR count). The summed E-state index contributed by atoms with van der Waals surface area (Å²) in [6.45, 7) is 0. The van der Waals surface area contributed by atoms with Crippen molar-refractivity contribution in [2.75, 3.05) is 5.75 Å². The lowest BCUT2D eigenvalue weighted by molar-refractivity contribution is -0.121. The number of hydrogen-bond donors (Lipinski definition) is 2. The quantitative estimate of drug-likeness (QED) is 0.880. The van der Waals surface area contributed by atoms with Gasteiger partial charge in [-0.3, -0.25) is 4.79 Å². The Kier molecular flexibility index (Phi) is 3.69. The Bertz CT molecular complexity index is 857. The van der Waals surface area contributed by atoms with Gasteiger partial charge in [0.05, 0.1) is 22.8 Å². The Balaban J connectivity index is 1.57. The molecule has 2 N–H and O–H groups in total. The number of rotatable bonds is 4. The van der Waals surface area contributed by atoms with E-state index < -0.39 is 15.9 Å². The van der Waals surface area contributed by atoms with Gasteiger partial charge in [0.25, 0.3) is 0 Å². The second-order valence-electron chi connectivity index (χ2n) is 5.18. The van der Waals surface area contributed by atoms with E-state index in [0.29, 0.717) is 23.3 Å². The Morgan fingerprint density at radius 2 is 2.27 bits per heavy atom. The third-order valence-electron chi connectivity index (χ3n) is 3.36. The molecule has 2 heterocycles. The molecule has 1 amide bonds. The van der Waals surface area contributed by atoms with Crippen LogP contribution in [0.2, 0.25) is 0 Å². The number of nitrogens with zero attached hydrogens (tertiary/aromatic N) is 1. The summed E-state index contributed by atoms with van der Waals surface area (Å²) in [5.41, 5.74) is 1.22. The highest BCUT2D eigenvalue weighted by molar-refractivity contribution is 7.94. The van der Waals surface area contributed by atoms with Crippen LogP contribution < -0.4 is 5.32 Å². The first-order chi connectivity index (χ1) is 10.4. The highest BCUT2D eigenvalue weighted by atomic mass is 32.2. The van der Waals surface area contributed by atoms with Crippen molar-refractivity contribution in [1.29, 1.82) is 0 Å². The van der Waals surface area contributed by atoms with Crippen molar-refractivity contribution < 1.29 is 17.6 Å². The highest BCUT2D eigenvalue weighted by Crippen LogP contribution is 2.14. The summed E-state index contributed by atoms with van der Waals surface area (Å²) < 4.78 is 35.6. The second kappa shape index (κ2) is 5.53. The Labute approximate surface area is 126 Å². The summed E-state index contributed by atoms with van der Waals surface area (Å²) in [6, 6.07) is 3.77. The van der Waals surface area contributed by atoms with E-state index in [9.17, 15) is 17.6 Å². The molecule has 0 saturated heterocycles. The number of sulfone groups is 1. The van der Waals surface area contributed by atoms with E-state index in [2.05, 4.69) is 15.3 Å². The molecule has 0 saturated carbocycles. The molecule has 6 nitrogen and oxygen atoms in total. The number of carbonyl (C=O) groups excluding carboxylic acids is 1. The van der Waals surface area contributed by atoms with E-state index in [-0.39, 0.29) is 23.9 Å². The van der Waals surface area contributed by atoms with Crippen LogP contribution in [0.25, 0.3) is 11.0 Å². The van der Waals surface area contributed by atoms with Gasteiger partial charge < -0.3 is 10.3 Å². The van der Waals surface area contributed by atoms with Gasteiger partial charge in [-0.05, 0) is 24.3 Å². The van der Waals surface area contributed by atoms with Crippen LogP contribution in [0.4, 0.5) is 4.39 Å². The molecule has 1 aliphatic rings. The lowest BCUT2D eigenvalue weighted by Gasteiger charge is -2.09. The van der Waals surface area contributed by atoms with Gasteiger partial charge in [0.1, 0.15) is 11.6 Å². The summed E-state index contributed by atoms with van der Waals surface area (Å²) in [5, 5.41) is 3.76. The van der Waals surface area contributed by atoms with Crippen molar-refractivity contribution in [2.24, 2.45) is 0 Å². The van der Waals surface area contributed by atoms with Crippen LogP contribution in [-0.2, 0) is 21.1 Å². The fourth-order valence-corrected chi connectivity index (χ4v) is 3.56. The Morgan fingerprint density at radius 3 is 3.00 bits per heavy atom. The molecule has 1 aromatic carbocycles. The monoisotopic (exact) mass is 323 g/mol. The zero-order valence-electron chi connectivity index (χ0n) is 11.5. The molecule has 8 heteroatoms. The lowest BCUT2D eigenvalue weighted by atomic mass is 10.2. The molecule has 0 bridgehead atoms. The number of fused-ring (bicyclic) bond motifs is 1. The van der Waals surface area contributed by atoms with Crippen molar-refractivity contribution in [1.82, 2.24) is 15.3 Å². The number of hydrogen-bond acceptors (Lipinski definition) is 4. The average molecular weight is 323 g/mol. The molecule has 0 unspecified atom stereocenters. The SMILES string of the molecule is O=C(CCc1nc2ccc(F)cc2[nH]1)N[C@H]1C=CS(=O)(=O)C1. The van der Waals surface area contributed by atoms with Crippen molar-refractivity contribution in [2.45, 2.75) is 18.9 Å². The molecule has 1 aliphatic heterocycles. The van der Waals surface area contributed by atoms with Crippen LogP contribution in [0.1, 0.15) is 12.2 Å². The van der Waals surface area contributed by atoms with Gasteiger partial charge in [0.15, 0.2) is 9.84 Å². The normalized spacial score (nSPS) is 19.6. The van der Waals surface area contributed by atoms with Crippen molar-refractivity contribution in [3.05, 3.63) is 41.3 Å². The summed E-state index contributed by atoms with van der Waals surface area (Å²) >= 11 is 0. The first-order valence-electron chi connectivity index (χ1n) is 6.76. The standard InChI is InChI=1S/C14H14FN3O3S/c15-9-1-2-11-12(7-9)18-13(17-11)3-4-14(19)16-10-5-6-22(20,21)8-10/h1-2,5-7,10H,3-4,8H2,(H,16,19)(H,17,18)/t10-/m0/s1. The maximum atomic E-state index is 13.1. The number of aromatic amines is 1. The smallest absolute Gasteiger partial charge is 0.220 e. The van der Waals surface area contributed by atoms with Crippen LogP contribution in [0.3, 0.4) is 0 Å². The topological polar surface area (TPSA) is 91.9 Å². The van der Waals surface area contributed by atoms with E-state index in [0.717, 1.165) is 5.41 Å². The number of imidazole rings is 1. The summed E-state index contributed by atoms with van der Waals surface area (Å²) in [7, 11) is -3.18. The third kappa shape index (κ3) is 3.33. The molecule has 1 aromatic heterocycles. The molecule has 0 spiro atoms. The molecular weight excluding hydrogens is 309 g/mol. The van der Waals surface area contributed by atoms with Gasteiger partial charge in [0.2, 0.25) is 5.91 Å². The number of nitrogens with one attached hydrogen (secondary N) is 2. The van der Waals surface area contributed by atoms with Gasteiger partial charge in [-0.15, -0.1) is 0 Å². The van der Waals surface area contributed by atoms with E-state index in [4.69, 9.17) is 0 Å². The minimum absolute atomic E-state index is 0.0946. The summed E-state index contributed by atoms with van der Waals surface area (Å²) in [4.78, 5) is 19.0. The van der Waals surface area contributed by atoms with Crippen molar-refractivity contribution in [3.63, 3.8) is 0 Å². The first-order valence-corrected chi connectivity index (χ1v) is 8.47. The van der Waals surface area contributed by atoms with E-state index in [1.54, 1.807) is 6.07 Å². The van der Waals surface area contributed by atoms with Crippen LogP contribution in [0.5, 0.6) is 0 Å². The van der Waals surface area contributed by atoms with E-state index in [1.807, 2.05) is 0 Å². The zero-order valence-corrected chi connectivity index (χ0v) is 12.4. The maximum absolute atomic E-state index is 13.1. The summed E-state index contributed by atoms with van der Waals surface area (Å²) in [6.07, 6.45) is 2.01. The maximum Gasteiger partial charge on any atom is 0.220 e. The molecule has 116 valence electrons. The second-order valence-corrected chi connectivity index (χ2v) is 7.11.